The first-order valence-electron chi connectivity index (χ1n) is 8.03. The first-order chi connectivity index (χ1) is 10.2. The van der Waals surface area contributed by atoms with Crippen LogP contribution in [0.2, 0.25) is 0 Å². The lowest BCUT2D eigenvalue weighted by Gasteiger charge is -2.25. The van der Waals surface area contributed by atoms with E-state index in [1.54, 1.807) is 18.2 Å². The molecule has 1 amide bonds. The molecule has 0 aromatic heterocycles. The van der Waals surface area contributed by atoms with Gasteiger partial charge in [-0.15, -0.1) is 0 Å². The molecule has 2 saturated heterocycles. The summed E-state index contributed by atoms with van der Waals surface area (Å²) in [6.45, 7) is 3.06. The van der Waals surface area contributed by atoms with Gasteiger partial charge in [0.25, 0.3) is 5.91 Å². The maximum Gasteiger partial charge on any atom is 0.257 e. The number of halogens is 1. The molecule has 112 valence electrons. The summed E-state index contributed by atoms with van der Waals surface area (Å²) >= 11 is 0. The van der Waals surface area contributed by atoms with Gasteiger partial charge in [-0.2, -0.15) is 0 Å². The Hall–Kier alpha value is -1.42. The predicted octanol–water partition coefficient (Wildman–Crippen LogP) is 2.52. The summed E-state index contributed by atoms with van der Waals surface area (Å²) in [6.07, 6.45) is 4.81. The number of nitrogens with zero attached hydrogens (tertiary/aromatic N) is 2. The second-order valence-corrected chi connectivity index (χ2v) is 6.63. The molecule has 3 fully saturated rings. The maximum atomic E-state index is 13.8. The molecule has 1 aromatic carbocycles. The van der Waals surface area contributed by atoms with Crippen LogP contribution in [0.15, 0.2) is 24.3 Å². The van der Waals surface area contributed by atoms with Crippen molar-refractivity contribution in [1.82, 2.24) is 9.80 Å². The third kappa shape index (κ3) is 2.35. The van der Waals surface area contributed by atoms with Gasteiger partial charge < -0.3 is 4.90 Å². The zero-order valence-electron chi connectivity index (χ0n) is 12.2. The first-order valence-corrected chi connectivity index (χ1v) is 8.03. The van der Waals surface area contributed by atoms with Crippen molar-refractivity contribution in [2.75, 3.05) is 19.6 Å². The highest BCUT2D eigenvalue weighted by Crippen LogP contribution is 2.37. The molecule has 2 heterocycles. The quantitative estimate of drug-likeness (QED) is 0.853. The van der Waals surface area contributed by atoms with Gasteiger partial charge in [-0.1, -0.05) is 12.1 Å². The van der Waals surface area contributed by atoms with Crippen molar-refractivity contribution in [1.29, 1.82) is 0 Å². The number of benzene rings is 1. The lowest BCUT2D eigenvalue weighted by Crippen LogP contribution is -2.40. The molecule has 1 saturated carbocycles. The molecule has 0 radical (unpaired) electrons. The molecular weight excluding hydrogens is 267 g/mol. The van der Waals surface area contributed by atoms with Crippen LogP contribution in [-0.2, 0) is 0 Å². The molecule has 3 aliphatic rings. The number of fused-ring (bicyclic) bond motifs is 1. The van der Waals surface area contributed by atoms with Gasteiger partial charge in [0.1, 0.15) is 5.82 Å². The molecule has 3 nitrogen and oxygen atoms in total. The van der Waals surface area contributed by atoms with Gasteiger partial charge in [-0.3, -0.25) is 9.69 Å². The van der Waals surface area contributed by atoms with Crippen LogP contribution >= 0.6 is 0 Å². The second kappa shape index (κ2) is 5.09. The normalized spacial score (nSPS) is 28.9. The maximum absolute atomic E-state index is 13.8. The number of carbonyl (C=O) groups excluding carboxylic acids is 1. The Bertz CT molecular complexity index is 557. The minimum atomic E-state index is -0.404. The third-order valence-corrected chi connectivity index (χ3v) is 5.25. The van der Waals surface area contributed by atoms with Gasteiger partial charge >= 0.3 is 0 Å². The monoisotopic (exact) mass is 288 g/mol. The molecule has 1 aliphatic carbocycles. The van der Waals surface area contributed by atoms with E-state index in [1.807, 2.05) is 4.90 Å². The van der Waals surface area contributed by atoms with E-state index in [1.165, 1.54) is 25.5 Å². The summed E-state index contributed by atoms with van der Waals surface area (Å²) in [5, 5.41) is 0. The summed E-state index contributed by atoms with van der Waals surface area (Å²) in [7, 11) is 0. The average molecular weight is 288 g/mol. The Morgan fingerprint density at radius 1 is 1.10 bits per heavy atom. The summed E-state index contributed by atoms with van der Waals surface area (Å²) in [5.41, 5.74) is 0.221. The topological polar surface area (TPSA) is 23.6 Å². The number of amides is 1. The van der Waals surface area contributed by atoms with Crippen molar-refractivity contribution in [2.24, 2.45) is 5.92 Å². The molecule has 2 atom stereocenters. The van der Waals surface area contributed by atoms with Crippen molar-refractivity contribution in [3.8, 4) is 0 Å². The molecule has 2 aliphatic heterocycles. The zero-order chi connectivity index (χ0) is 14.4. The molecule has 0 spiro atoms. The van der Waals surface area contributed by atoms with E-state index in [9.17, 15) is 9.18 Å². The van der Waals surface area contributed by atoms with Gasteiger partial charge in [0.15, 0.2) is 0 Å². The van der Waals surface area contributed by atoms with E-state index in [0.29, 0.717) is 6.04 Å². The standard InChI is InChI=1S/C17H21FN2O/c18-14-4-2-1-3-13(14)17(21)20-10-8-15-16(20)7-9-19(15)11-12-5-6-12/h1-4,12,15-16H,5-11H2/t15-,16+/m0/s1. The van der Waals surface area contributed by atoms with Crippen molar-refractivity contribution in [3.05, 3.63) is 35.6 Å². The number of hydrogen-bond donors (Lipinski definition) is 0. The minimum Gasteiger partial charge on any atom is -0.334 e. The Kier molecular flexibility index (Phi) is 3.21. The predicted molar refractivity (Wildman–Crippen MR) is 78.5 cm³/mol. The molecule has 4 rings (SSSR count). The van der Waals surface area contributed by atoms with Gasteiger partial charge in [-0.05, 0) is 43.7 Å². The third-order valence-electron chi connectivity index (χ3n) is 5.25. The van der Waals surface area contributed by atoms with E-state index in [2.05, 4.69) is 4.90 Å². The first kappa shape index (κ1) is 13.3. The Balaban J connectivity index is 1.50. The van der Waals surface area contributed by atoms with E-state index in [4.69, 9.17) is 0 Å². The molecule has 4 heteroatoms. The highest BCUT2D eigenvalue weighted by Gasteiger charge is 2.45. The smallest absolute Gasteiger partial charge is 0.257 e. The van der Waals surface area contributed by atoms with Crippen LogP contribution in [0.25, 0.3) is 0 Å². The lowest BCUT2D eigenvalue weighted by atomic mass is 10.1. The highest BCUT2D eigenvalue weighted by atomic mass is 19.1. The number of likely N-dealkylation sites (tertiary alicyclic amines) is 2. The van der Waals surface area contributed by atoms with Crippen molar-refractivity contribution >= 4 is 5.91 Å². The Morgan fingerprint density at radius 3 is 2.62 bits per heavy atom. The van der Waals surface area contributed by atoms with Crippen LogP contribution < -0.4 is 0 Å². The van der Waals surface area contributed by atoms with Crippen LogP contribution in [0.1, 0.15) is 36.0 Å². The number of carbonyl (C=O) groups is 1. The molecule has 0 bridgehead atoms. The highest BCUT2D eigenvalue weighted by molar-refractivity contribution is 5.95. The largest absolute Gasteiger partial charge is 0.334 e. The summed E-state index contributed by atoms with van der Waals surface area (Å²) in [5.74, 6) is 0.354. The lowest BCUT2D eigenvalue weighted by molar-refractivity contribution is 0.0727. The summed E-state index contributed by atoms with van der Waals surface area (Å²) in [6, 6.07) is 7.12. The van der Waals surface area contributed by atoms with Crippen LogP contribution in [0, 0.1) is 11.7 Å². The molecule has 1 aromatic rings. The van der Waals surface area contributed by atoms with Gasteiger partial charge in [0.2, 0.25) is 0 Å². The number of hydrogen-bond acceptors (Lipinski definition) is 2. The average Bonchev–Trinajstić information content (AvgIpc) is 3.06. The fourth-order valence-corrected chi connectivity index (χ4v) is 3.98. The van der Waals surface area contributed by atoms with Crippen LogP contribution in [-0.4, -0.2) is 47.4 Å². The summed E-state index contributed by atoms with van der Waals surface area (Å²) < 4.78 is 13.8. The Morgan fingerprint density at radius 2 is 1.86 bits per heavy atom. The van der Waals surface area contributed by atoms with Crippen LogP contribution in [0.3, 0.4) is 0 Å². The van der Waals surface area contributed by atoms with Crippen LogP contribution in [0.5, 0.6) is 0 Å². The fraction of sp³-hybridized carbons (Fsp3) is 0.588. The van der Waals surface area contributed by atoms with Crippen LogP contribution in [0.4, 0.5) is 4.39 Å². The second-order valence-electron chi connectivity index (χ2n) is 6.63. The molecular formula is C17H21FN2O. The van der Waals surface area contributed by atoms with Gasteiger partial charge in [-0.25, -0.2) is 4.39 Å². The SMILES string of the molecule is O=C(c1ccccc1F)N1CC[C@H]2[C@H]1CCN2CC1CC1. The fourth-order valence-electron chi connectivity index (χ4n) is 3.98. The summed E-state index contributed by atoms with van der Waals surface area (Å²) in [4.78, 5) is 17.1. The van der Waals surface area contributed by atoms with Crippen molar-refractivity contribution in [2.45, 2.75) is 37.8 Å². The molecule has 0 unspecified atom stereocenters. The van der Waals surface area contributed by atoms with E-state index >= 15 is 0 Å². The molecule has 0 N–H and O–H groups in total. The van der Waals surface area contributed by atoms with Gasteiger partial charge in [0, 0.05) is 31.7 Å². The Labute approximate surface area is 124 Å². The van der Waals surface area contributed by atoms with Crippen molar-refractivity contribution < 1.29 is 9.18 Å². The molecule has 21 heavy (non-hydrogen) atoms. The zero-order valence-corrected chi connectivity index (χ0v) is 12.2. The van der Waals surface area contributed by atoms with E-state index in [0.717, 1.165) is 31.8 Å². The van der Waals surface area contributed by atoms with Crippen molar-refractivity contribution in [3.63, 3.8) is 0 Å². The minimum absolute atomic E-state index is 0.131. The number of rotatable bonds is 3. The van der Waals surface area contributed by atoms with E-state index in [-0.39, 0.29) is 17.5 Å². The van der Waals surface area contributed by atoms with E-state index < -0.39 is 5.82 Å². The van der Waals surface area contributed by atoms with Gasteiger partial charge in [0.05, 0.1) is 5.56 Å².